The fourth-order valence-corrected chi connectivity index (χ4v) is 3.06. The maximum Gasteiger partial charge on any atom is 0.420 e. The number of esters is 1. The molecule has 2 aromatic carbocycles. The summed E-state index contributed by atoms with van der Waals surface area (Å²) in [5.74, 6) is -2.29. The van der Waals surface area contributed by atoms with E-state index in [0.29, 0.717) is 4.90 Å². The molecule has 0 heterocycles. The first-order chi connectivity index (χ1) is 14.8. The van der Waals surface area contributed by atoms with E-state index in [9.17, 15) is 27.6 Å². The van der Waals surface area contributed by atoms with Crippen molar-refractivity contribution in [1.82, 2.24) is 4.90 Å². The topological polar surface area (TPSA) is 82.1 Å². The molecule has 0 aliphatic heterocycles. The lowest BCUT2D eigenvalue weighted by Gasteiger charge is -2.24. The number of fused-ring (bicyclic) bond motifs is 1. The van der Waals surface area contributed by atoms with E-state index in [1.54, 1.807) is 20.8 Å². The zero-order chi connectivity index (χ0) is 24.3. The van der Waals surface area contributed by atoms with Crippen molar-refractivity contribution in [3.05, 3.63) is 41.5 Å². The smallest absolute Gasteiger partial charge is 0.420 e. The van der Waals surface area contributed by atoms with Crippen molar-refractivity contribution >= 4 is 28.7 Å². The molecule has 0 aromatic heterocycles. The number of carbonyl (C=O) groups excluding carboxylic acids is 3. The molecule has 10 heteroatoms. The van der Waals surface area contributed by atoms with Crippen LogP contribution in [-0.4, -0.2) is 48.7 Å². The summed E-state index contributed by atoms with van der Waals surface area (Å²) in [5.41, 5.74) is -2.15. The number of nitrogens with zero attached hydrogens (tertiary/aromatic N) is 1. The second-order valence-electron chi connectivity index (χ2n) is 7.72. The third-order valence-electron chi connectivity index (χ3n) is 4.20. The number of ether oxygens (including phenoxy) is 3. The Morgan fingerprint density at radius 2 is 1.66 bits per heavy atom. The first-order valence-corrected chi connectivity index (χ1v) is 9.67. The Labute approximate surface area is 183 Å². The normalized spacial score (nSPS) is 11.8. The number of alkyl halides is 3. The molecule has 32 heavy (non-hydrogen) atoms. The third-order valence-corrected chi connectivity index (χ3v) is 4.20. The van der Waals surface area contributed by atoms with Crippen LogP contribution in [-0.2, 0) is 20.4 Å². The van der Waals surface area contributed by atoms with Crippen molar-refractivity contribution in [2.45, 2.75) is 39.5 Å². The Balaban J connectivity index is 2.59. The van der Waals surface area contributed by atoms with E-state index in [0.717, 1.165) is 13.2 Å². The summed E-state index contributed by atoms with van der Waals surface area (Å²) in [4.78, 5) is 38.4. The Morgan fingerprint density at radius 1 is 1.00 bits per heavy atom. The van der Waals surface area contributed by atoms with Crippen molar-refractivity contribution in [2.75, 3.05) is 20.3 Å². The van der Waals surface area contributed by atoms with Crippen LogP contribution in [0.3, 0.4) is 0 Å². The number of carbonyl (C=O) groups is 3. The van der Waals surface area contributed by atoms with Gasteiger partial charge < -0.3 is 14.2 Å². The van der Waals surface area contributed by atoms with Crippen LogP contribution in [0.5, 0.6) is 5.75 Å². The lowest BCUT2D eigenvalue weighted by atomic mass is 9.98. The molecule has 0 bridgehead atoms. The van der Waals surface area contributed by atoms with Crippen molar-refractivity contribution in [3.63, 3.8) is 0 Å². The predicted octanol–water partition coefficient (Wildman–Crippen LogP) is 4.81. The molecule has 0 fully saturated rings. The first-order valence-electron chi connectivity index (χ1n) is 9.67. The van der Waals surface area contributed by atoms with Gasteiger partial charge in [0.15, 0.2) is 0 Å². The lowest BCUT2D eigenvalue weighted by Crippen LogP contribution is -2.43. The quantitative estimate of drug-likeness (QED) is 0.602. The van der Waals surface area contributed by atoms with E-state index in [2.05, 4.69) is 0 Å². The average molecular weight is 455 g/mol. The highest BCUT2D eigenvalue weighted by Gasteiger charge is 2.37. The molecule has 2 aromatic rings. The molecule has 0 atom stereocenters. The summed E-state index contributed by atoms with van der Waals surface area (Å²) in [6, 6.07) is 6.08. The highest BCUT2D eigenvalue weighted by molar-refractivity contribution is 6.13. The molecule has 0 N–H and O–H groups in total. The number of hydrogen-bond donors (Lipinski definition) is 0. The third kappa shape index (κ3) is 5.68. The fraction of sp³-hybridized carbons (Fsp3) is 0.409. The van der Waals surface area contributed by atoms with Gasteiger partial charge in [0.1, 0.15) is 23.5 Å². The van der Waals surface area contributed by atoms with Crippen molar-refractivity contribution < 1.29 is 41.8 Å². The van der Waals surface area contributed by atoms with E-state index >= 15 is 0 Å². The number of rotatable bonds is 5. The van der Waals surface area contributed by atoms with Crippen LogP contribution in [0.25, 0.3) is 10.8 Å². The molecule has 0 saturated carbocycles. The van der Waals surface area contributed by atoms with E-state index in [1.165, 1.54) is 31.2 Å². The lowest BCUT2D eigenvalue weighted by molar-refractivity contribution is -0.155. The Hall–Kier alpha value is -3.30. The molecule has 2 amide bonds. The van der Waals surface area contributed by atoms with Crippen LogP contribution < -0.4 is 4.74 Å². The molecule has 0 unspecified atom stereocenters. The van der Waals surface area contributed by atoms with Gasteiger partial charge >= 0.3 is 18.2 Å². The molecular weight excluding hydrogens is 431 g/mol. The number of methoxy groups -OCH3 is 1. The maximum atomic E-state index is 13.7. The Kier molecular flexibility index (Phi) is 7.38. The van der Waals surface area contributed by atoms with E-state index in [4.69, 9.17) is 14.2 Å². The van der Waals surface area contributed by atoms with Gasteiger partial charge in [-0.1, -0.05) is 12.1 Å². The monoisotopic (exact) mass is 455 g/mol. The van der Waals surface area contributed by atoms with Crippen LogP contribution in [0, 0.1) is 0 Å². The van der Waals surface area contributed by atoms with Crippen LogP contribution >= 0.6 is 0 Å². The molecule has 0 spiro atoms. The van der Waals surface area contributed by atoms with Gasteiger partial charge in [0.2, 0.25) is 0 Å². The standard InChI is InChI=1S/C22H24F3NO6/c1-6-31-20(29)26(12-17(27)32-21(2,3)4)19(28)15-9-7-8-14-13(15)10-11-16(30-5)18(14)22(23,24)25/h7-11H,6,12H2,1-5H3. The highest BCUT2D eigenvalue weighted by atomic mass is 19.4. The van der Waals surface area contributed by atoms with Gasteiger partial charge in [-0.3, -0.25) is 9.59 Å². The zero-order valence-electron chi connectivity index (χ0n) is 18.3. The fourth-order valence-electron chi connectivity index (χ4n) is 3.06. The molecule has 0 aliphatic carbocycles. The summed E-state index contributed by atoms with van der Waals surface area (Å²) in [5, 5.41) is -0.354. The van der Waals surface area contributed by atoms with Crippen LogP contribution in [0.1, 0.15) is 43.6 Å². The van der Waals surface area contributed by atoms with Gasteiger partial charge in [0.05, 0.1) is 13.7 Å². The number of imide groups is 1. The molecule has 0 aliphatic rings. The molecular formula is C22H24F3NO6. The summed E-state index contributed by atoms with van der Waals surface area (Å²) >= 11 is 0. The average Bonchev–Trinajstić information content (AvgIpc) is 2.68. The number of hydrogen-bond acceptors (Lipinski definition) is 6. The minimum atomic E-state index is -4.76. The van der Waals surface area contributed by atoms with Gasteiger partial charge in [0, 0.05) is 5.56 Å². The first kappa shape index (κ1) is 25.0. The van der Waals surface area contributed by atoms with E-state index < -0.39 is 47.6 Å². The second-order valence-corrected chi connectivity index (χ2v) is 7.72. The molecule has 0 radical (unpaired) electrons. The minimum absolute atomic E-state index is 0.0656. The molecule has 2 rings (SSSR count). The highest BCUT2D eigenvalue weighted by Crippen LogP contribution is 2.42. The molecule has 174 valence electrons. The van der Waals surface area contributed by atoms with Crippen molar-refractivity contribution in [2.24, 2.45) is 0 Å². The Bertz CT molecular complexity index is 1030. The molecule has 0 saturated heterocycles. The maximum absolute atomic E-state index is 13.7. The number of halogens is 3. The van der Waals surface area contributed by atoms with Crippen LogP contribution in [0.4, 0.5) is 18.0 Å². The SMILES string of the molecule is CCOC(=O)N(CC(=O)OC(C)(C)C)C(=O)c1cccc2c(C(F)(F)F)c(OC)ccc12. The van der Waals surface area contributed by atoms with Crippen LogP contribution in [0.2, 0.25) is 0 Å². The molecule has 7 nitrogen and oxygen atoms in total. The number of amides is 2. The zero-order valence-corrected chi connectivity index (χ0v) is 18.3. The summed E-state index contributed by atoms with van der Waals surface area (Å²) < 4.78 is 56.0. The van der Waals surface area contributed by atoms with Crippen molar-refractivity contribution in [1.29, 1.82) is 0 Å². The minimum Gasteiger partial charge on any atom is -0.496 e. The van der Waals surface area contributed by atoms with Crippen LogP contribution in [0.15, 0.2) is 30.3 Å². The van der Waals surface area contributed by atoms with Gasteiger partial charge in [-0.2, -0.15) is 13.2 Å². The van der Waals surface area contributed by atoms with Gasteiger partial charge in [-0.05, 0) is 56.7 Å². The van der Waals surface area contributed by atoms with Gasteiger partial charge in [-0.15, -0.1) is 0 Å². The van der Waals surface area contributed by atoms with E-state index in [1.807, 2.05) is 0 Å². The summed E-state index contributed by atoms with van der Waals surface area (Å²) in [7, 11) is 1.11. The van der Waals surface area contributed by atoms with Gasteiger partial charge in [0.25, 0.3) is 5.91 Å². The van der Waals surface area contributed by atoms with Gasteiger partial charge in [-0.25, -0.2) is 9.69 Å². The van der Waals surface area contributed by atoms with E-state index in [-0.39, 0.29) is 22.9 Å². The predicted molar refractivity (Wildman–Crippen MR) is 109 cm³/mol. The Morgan fingerprint density at radius 3 is 2.19 bits per heavy atom. The summed E-state index contributed by atoms with van der Waals surface area (Å²) in [6.07, 6.45) is -5.88. The largest absolute Gasteiger partial charge is 0.496 e. The van der Waals surface area contributed by atoms with Crippen molar-refractivity contribution in [3.8, 4) is 5.75 Å². The second kappa shape index (κ2) is 9.46. The summed E-state index contributed by atoms with van der Waals surface area (Å²) in [6.45, 7) is 5.48. The number of benzene rings is 2.